The van der Waals surface area contributed by atoms with Crippen LogP contribution in [0, 0.1) is 23.7 Å². The molecule has 0 heterocycles. The maximum absolute atomic E-state index is 11.4. The van der Waals surface area contributed by atoms with Gasteiger partial charge in [0.25, 0.3) is 0 Å². The lowest BCUT2D eigenvalue weighted by molar-refractivity contribution is -0.133. The van der Waals surface area contributed by atoms with Gasteiger partial charge in [-0.05, 0) is 31.1 Å². The SMILES string of the molecule is O=C1C[C@H]2C(C=CC(O)C3CCCC3)C(O)C[C@H]12. The number of aliphatic hydroxyl groups excluding tert-OH is 2. The summed E-state index contributed by atoms with van der Waals surface area (Å²) in [6, 6.07) is 0. The lowest BCUT2D eigenvalue weighted by Gasteiger charge is -2.31. The highest BCUT2D eigenvalue weighted by molar-refractivity contribution is 5.88. The van der Waals surface area contributed by atoms with Crippen LogP contribution in [0.3, 0.4) is 0 Å². The average molecular weight is 250 g/mol. The number of ketones is 1. The van der Waals surface area contributed by atoms with Gasteiger partial charge in [0.2, 0.25) is 0 Å². The highest BCUT2D eigenvalue weighted by Crippen LogP contribution is 2.48. The van der Waals surface area contributed by atoms with E-state index in [1.165, 1.54) is 12.8 Å². The smallest absolute Gasteiger partial charge is 0.136 e. The number of carbonyl (C=O) groups excluding carboxylic acids is 1. The van der Waals surface area contributed by atoms with Crippen LogP contribution in [-0.2, 0) is 4.79 Å². The monoisotopic (exact) mass is 250 g/mol. The average Bonchev–Trinajstić information content (AvgIpc) is 2.95. The Hall–Kier alpha value is -0.670. The molecule has 5 atom stereocenters. The second kappa shape index (κ2) is 4.78. The molecule has 3 aliphatic rings. The number of fused-ring (bicyclic) bond motifs is 1. The van der Waals surface area contributed by atoms with E-state index >= 15 is 0 Å². The van der Waals surface area contributed by atoms with Gasteiger partial charge in [-0.1, -0.05) is 25.0 Å². The maximum atomic E-state index is 11.4. The fourth-order valence-electron chi connectivity index (χ4n) is 3.99. The molecule has 3 rings (SSSR count). The number of rotatable bonds is 3. The maximum Gasteiger partial charge on any atom is 0.136 e. The molecular formula is C15H22O3. The quantitative estimate of drug-likeness (QED) is 0.749. The van der Waals surface area contributed by atoms with E-state index < -0.39 is 6.10 Å². The van der Waals surface area contributed by atoms with E-state index in [0.29, 0.717) is 30.5 Å². The van der Waals surface area contributed by atoms with Crippen LogP contribution < -0.4 is 0 Å². The Morgan fingerprint density at radius 2 is 2.00 bits per heavy atom. The summed E-state index contributed by atoms with van der Waals surface area (Å²) in [4.78, 5) is 11.4. The van der Waals surface area contributed by atoms with Crippen molar-refractivity contribution >= 4 is 5.78 Å². The zero-order chi connectivity index (χ0) is 12.7. The Balaban J connectivity index is 1.60. The minimum atomic E-state index is -0.390. The van der Waals surface area contributed by atoms with Crippen LogP contribution in [0.4, 0.5) is 0 Å². The van der Waals surface area contributed by atoms with E-state index in [1.54, 1.807) is 0 Å². The van der Waals surface area contributed by atoms with Gasteiger partial charge in [-0.3, -0.25) is 4.79 Å². The molecule has 3 aliphatic carbocycles. The Morgan fingerprint density at radius 1 is 1.28 bits per heavy atom. The normalized spacial score (nSPS) is 42.2. The van der Waals surface area contributed by atoms with Crippen LogP contribution >= 0.6 is 0 Å². The van der Waals surface area contributed by atoms with Crippen LogP contribution in [0.25, 0.3) is 0 Å². The lowest BCUT2D eigenvalue weighted by Crippen LogP contribution is -2.35. The van der Waals surface area contributed by atoms with E-state index in [1.807, 2.05) is 12.2 Å². The number of hydrogen-bond acceptors (Lipinski definition) is 3. The summed E-state index contributed by atoms with van der Waals surface area (Å²) in [5.74, 6) is 1.23. The molecule has 3 saturated carbocycles. The minimum absolute atomic E-state index is 0.0868. The molecule has 0 bridgehead atoms. The van der Waals surface area contributed by atoms with Gasteiger partial charge in [0.1, 0.15) is 5.78 Å². The van der Waals surface area contributed by atoms with Crippen molar-refractivity contribution in [3.05, 3.63) is 12.2 Å². The summed E-state index contributed by atoms with van der Waals surface area (Å²) in [5, 5.41) is 20.1. The van der Waals surface area contributed by atoms with Crippen molar-refractivity contribution < 1.29 is 15.0 Å². The van der Waals surface area contributed by atoms with Crippen molar-refractivity contribution in [1.29, 1.82) is 0 Å². The van der Waals surface area contributed by atoms with Crippen LogP contribution in [0.2, 0.25) is 0 Å². The fraction of sp³-hybridized carbons (Fsp3) is 0.800. The van der Waals surface area contributed by atoms with E-state index in [-0.39, 0.29) is 17.9 Å². The Morgan fingerprint density at radius 3 is 2.61 bits per heavy atom. The molecule has 0 saturated heterocycles. The number of aliphatic hydroxyl groups is 2. The van der Waals surface area contributed by atoms with Gasteiger partial charge in [0.15, 0.2) is 0 Å². The van der Waals surface area contributed by atoms with Crippen molar-refractivity contribution in [2.24, 2.45) is 23.7 Å². The molecule has 3 unspecified atom stereocenters. The molecule has 3 fully saturated rings. The van der Waals surface area contributed by atoms with Gasteiger partial charge in [-0.15, -0.1) is 0 Å². The summed E-state index contributed by atoms with van der Waals surface area (Å²) >= 11 is 0. The number of Topliss-reactive ketones (excluding diaryl/α,β-unsaturated/α-hetero) is 1. The molecule has 0 aromatic rings. The number of carbonyl (C=O) groups is 1. The van der Waals surface area contributed by atoms with Gasteiger partial charge in [-0.25, -0.2) is 0 Å². The van der Waals surface area contributed by atoms with Crippen LogP contribution in [0.15, 0.2) is 12.2 Å². The first-order valence-electron chi connectivity index (χ1n) is 7.24. The Bertz CT molecular complexity index is 357. The predicted molar refractivity (Wildman–Crippen MR) is 67.8 cm³/mol. The van der Waals surface area contributed by atoms with Crippen LogP contribution in [0.5, 0.6) is 0 Å². The summed E-state index contributed by atoms with van der Waals surface area (Å²) in [5.41, 5.74) is 0. The van der Waals surface area contributed by atoms with Crippen LogP contribution in [0.1, 0.15) is 38.5 Å². The molecule has 0 aromatic carbocycles. The fourth-order valence-corrected chi connectivity index (χ4v) is 3.99. The van der Waals surface area contributed by atoms with Crippen molar-refractivity contribution in [1.82, 2.24) is 0 Å². The summed E-state index contributed by atoms with van der Waals surface area (Å²) in [6.45, 7) is 0. The first-order valence-corrected chi connectivity index (χ1v) is 7.24. The molecule has 100 valence electrons. The van der Waals surface area contributed by atoms with E-state index in [2.05, 4.69) is 0 Å². The van der Waals surface area contributed by atoms with Crippen molar-refractivity contribution in [2.75, 3.05) is 0 Å². The lowest BCUT2D eigenvalue weighted by atomic mass is 9.71. The highest BCUT2D eigenvalue weighted by atomic mass is 16.3. The molecule has 3 heteroatoms. The molecule has 18 heavy (non-hydrogen) atoms. The van der Waals surface area contributed by atoms with Crippen molar-refractivity contribution in [2.45, 2.75) is 50.7 Å². The van der Waals surface area contributed by atoms with E-state index in [9.17, 15) is 15.0 Å². The first kappa shape index (κ1) is 12.4. The van der Waals surface area contributed by atoms with Gasteiger partial charge in [-0.2, -0.15) is 0 Å². The summed E-state index contributed by atoms with van der Waals surface area (Å²) in [6.07, 6.45) is 9.01. The zero-order valence-corrected chi connectivity index (χ0v) is 10.7. The van der Waals surface area contributed by atoms with Crippen molar-refractivity contribution in [3.63, 3.8) is 0 Å². The molecule has 0 amide bonds. The second-order valence-electron chi connectivity index (χ2n) is 6.24. The van der Waals surface area contributed by atoms with Gasteiger partial charge < -0.3 is 10.2 Å². The van der Waals surface area contributed by atoms with Gasteiger partial charge in [0, 0.05) is 18.3 Å². The number of hydrogen-bond donors (Lipinski definition) is 2. The topological polar surface area (TPSA) is 57.5 Å². The summed E-state index contributed by atoms with van der Waals surface area (Å²) < 4.78 is 0. The highest BCUT2D eigenvalue weighted by Gasteiger charge is 2.51. The van der Waals surface area contributed by atoms with E-state index in [0.717, 1.165) is 12.8 Å². The predicted octanol–water partition coefficient (Wildman–Crippen LogP) is 1.68. The third kappa shape index (κ3) is 2.04. The molecule has 2 N–H and O–H groups in total. The largest absolute Gasteiger partial charge is 0.392 e. The second-order valence-corrected chi connectivity index (χ2v) is 6.24. The molecule has 0 spiro atoms. The molecule has 3 nitrogen and oxygen atoms in total. The van der Waals surface area contributed by atoms with Crippen molar-refractivity contribution in [3.8, 4) is 0 Å². The molecular weight excluding hydrogens is 228 g/mol. The third-order valence-electron chi connectivity index (χ3n) is 5.21. The zero-order valence-electron chi connectivity index (χ0n) is 10.7. The molecule has 0 aliphatic heterocycles. The van der Waals surface area contributed by atoms with Gasteiger partial charge in [0.05, 0.1) is 12.2 Å². The third-order valence-corrected chi connectivity index (χ3v) is 5.21. The summed E-state index contributed by atoms with van der Waals surface area (Å²) in [7, 11) is 0. The standard InChI is InChI=1S/C15H22O3/c16-13(9-3-1-2-4-9)6-5-10-11-7-15(18)12(11)8-14(10)17/h5-6,9-14,16-17H,1-4,7-8H2/t10?,11-,12-,13?,14?/m0/s1. The van der Waals surface area contributed by atoms with Crippen LogP contribution in [-0.4, -0.2) is 28.2 Å². The van der Waals surface area contributed by atoms with Gasteiger partial charge >= 0.3 is 0 Å². The first-order chi connectivity index (χ1) is 8.66. The molecule has 0 radical (unpaired) electrons. The Kier molecular flexibility index (Phi) is 3.29. The Labute approximate surface area is 108 Å². The molecule has 0 aromatic heterocycles. The van der Waals surface area contributed by atoms with E-state index in [4.69, 9.17) is 0 Å². The minimum Gasteiger partial charge on any atom is -0.392 e.